The lowest BCUT2D eigenvalue weighted by molar-refractivity contribution is 0.482. The van der Waals surface area contributed by atoms with Crippen molar-refractivity contribution in [3.8, 4) is 5.88 Å². The number of rotatable bonds is 2. The van der Waals surface area contributed by atoms with E-state index in [9.17, 15) is 8.42 Å². The molecule has 1 heterocycles. The number of hydrogen-bond acceptors (Lipinski definition) is 4. The molecule has 4 nitrogen and oxygen atoms in total. The fourth-order valence-electron chi connectivity index (χ4n) is 0.567. The van der Waals surface area contributed by atoms with Gasteiger partial charge in [0.2, 0.25) is 5.88 Å². The van der Waals surface area contributed by atoms with Crippen LogP contribution in [0.3, 0.4) is 0 Å². The summed E-state index contributed by atoms with van der Waals surface area (Å²) in [6, 6.07) is 3.11. The Morgan fingerprint density at radius 2 is 2.17 bits per heavy atom. The molecular weight excluding hydrogens is 246 g/mol. The number of aromatic nitrogens is 1. The second-order valence-electron chi connectivity index (χ2n) is 2.10. The minimum absolute atomic E-state index is 0.0701. The zero-order valence-corrected chi connectivity index (χ0v) is 8.59. The molecule has 12 heavy (non-hydrogen) atoms. The van der Waals surface area contributed by atoms with Crippen molar-refractivity contribution in [2.24, 2.45) is 0 Å². The van der Waals surface area contributed by atoms with Crippen molar-refractivity contribution in [3.05, 3.63) is 22.8 Å². The quantitative estimate of drug-likeness (QED) is 0.741. The first-order valence-electron chi connectivity index (χ1n) is 2.98. The van der Waals surface area contributed by atoms with Crippen LogP contribution in [0, 0.1) is 0 Å². The number of halogens is 1. The topological polar surface area (TPSA) is 56.3 Å². The molecule has 0 fully saturated rings. The Labute approximate surface area is 78.8 Å². The Bertz CT molecular complexity index is 359. The Hall–Kier alpha value is -0.620. The highest BCUT2D eigenvalue weighted by Gasteiger charge is 2.03. The van der Waals surface area contributed by atoms with Crippen LogP contribution in [0.15, 0.2) is 22.8 Å². The van der Waals surface area contributed by atoms with Crippen molar-refractivity contribution in [2.75, 3.05) is 6.26 Å². The van der Waals surface area contributed by atoms with E-state index in [1.807, 2.05) is 0 Å². The summed E-state index contributed by atoms with van der Waals surface area (Å²) < 4.78 is 26.5. The summed E-state index contributed by atoms with van der Waals surface area (Å²) in [6.07, 6.45) is 2.43. The normalized spacial score (nSPS) is 11.2. The Morgan fingerprint density at radius 3 is 2.58 bits per heavy atom. The van der Waals surface area contributed by atoms with Gasteiger partial charge >= 0.3 is 10.1 Å². The first-order chi connectivity index (χ1) is 5.47. The van der Waals surface area contributed by atoms with Gasteiger partial charge in [-0.15, -0.1) is 0 Å². The van der Waals surface area contributed by atoms with Crippen molar-refractivity contribution in [1.29, 1.82) is 0 Å². The van der Waals surface area contributed by atoms with E-state index >= 15 is 0 Å². The highest BCUT2D eigenvalue weighted by molar-refractivity contribution is 9.10. The van der Waals surface area contributed by atoms with Crippen LogP contribution < -0.4 is 4.18 Å². The first-order valence-corrected chi connectivity index (χ1v) is 5.59. The molecule has 1 aromatic heterocycles. The van der Waals surface area contributed by atoms with E-state index in [0.717, 1.165) is 10.7 Å². The summed E-state index contributed by atoms with van der Waals surface area (Å²) >= 11 is 3.16. The van der Waals surface area contributed by atoms with E-state index in [4.69, 9.17) is 0 Å². The molecule has 0 aliphatic heterocycles. The zero-order chi connectivity index (χ0) is 9.19. The van der Waals surface area contributed by atoms with Crippen LogP contribution in [-0.4, -0.2) is 19.7 Å². The largest absolute Gasteiger partial charge is 0.362 e. The maximum absolute atomic E-state index is 10.6. The summed E-state index contributed by atoms with van der Waals surface area (Å²) in [6.45, 7) is 0. The lowest BCUT2D eigenvalue weighted by atomic mass is 10.5. The van der Waals surface area contributed by atoms with E-state index in [1.54, 1.807) is 6.07 Å². The second-order valence-corrected chi connectivity index (χ2v) is 4.59. The van der Waals surface area contributed by atoms with E-state index in [2.05, 4.69) is 25.1 Å². The smallest absolute Gasteiger partial charge is 0.307 e. The van der Waals surface area contributed by atoms with Gasteiger partial charge in [-0.3, -0.25) is 0 Å². The van der Waals surface area contributed by atoms with Gasteiger partial charge in [-0.2, -0.15) is 8.42 Å². The fraction of sp³-hybridized carbons (Fsp3) is 0.167. The molecule has 0 N–H and O–H groups in total. The molecular formula is C6H6BrNO3S. The van der Waals surface area contributed by atoms with Crippen molar-refractivity contribution >= 4 is 26.0 Å². The molecule has 0 aromatic carbocycles. The molecule has 0 amide bonds. The van der Waals surface area contributed by atoms with E-state index < -0.39 is 10.1 Å². The minimum atomic E-state index is -3.47. The SMILES string of the molecule is CS(=O)(=O)Oc1ccc(Br)cn1. The molecule has 0 bridgehead atoms. The van der Waals surface area contributed by atoms with Crippen LogP contribution in [0.5, 0.6) is 5.88 Å². The monoisotopic (exact) mass is 251 g/mol. The summed E-state index contributed by atoms with van der Waals surface area (Å²) in [5.41, 5.74) is 0. The number of nitrogens with zero attached hydrogens (tertiary/aromatic N) is 1. The van der Waals surface area contributed by atoms with Gasteiger partial charge in [0.1, 0.15) is 0 Å². The fourth-order valence-corrected chi connectivity index (χ4v) is 1.21. The third-order valence-electron chi connectivity index (χ3n) is 0.937. The number of pyridine rings is 1. The molecule has 0 atom stereocenters. The van der Waals surface area contributed by atoms with Crippen molar-refractivity contribution in [1.82, 2.24) is 4.98 Å². The molecule has 1 rings (SSSR count). The molecule has 6 heteroatoms. The Morgan fingerprint density at radius 1 is 1.50 bits per heavy atom. The van der Waals surface area contributed by atoms with Gasteiger partial charge in [0.05, 0.1) is 6.26 Å². The van der Waals surface area contributed by atoms with Gasteiger partial charge in [-0.25, -0.2) is 4.98 Å². The minimum Gasteiger partial charge on any atom is -0.362 e. The Balaban J connectivity index is 2.85. The van der Waals surface area contributed by atoms with Crippen molar-refractivity contribution in [2.45, 2.75) is 0 Å². The van der Waals surface area contributed by atoms with Crippen LogP contribution in [0.25, 0.3) is 0 Å². The summed E-state index contributed by atoms with van der Waals surface area (Å²) in [7, 11) is -3.47. The molecule has 0 aliphatic rings. The van der Waals surface area contributed by atoms with Crippen LogP contribution >= 0.6 is 15.9 Å². The lowest BCUT2D eigenvalue weighted by Gasteiger charge is -1.99. The average Bonchev–Trinajstić information content (AvgIpc) is 1.91. The average molecular weight is 252 g/mol. The predicted octanol–water partition coefficient (Wildman–Crippen LogP) is 1.18. The van der Waals surface area contributed by atoms with Crippen LogP contribution in [0.4, 0.5) is 0 Å². The third kappa shape index (κ3) is 3.19. The van der Waals surface area contributed by atoms with Crippen LogP contribution in [-0.2, 0) is 10.1 Å². The summed E-state index contributed by atoms with van der Waals surface area (Å²) in [5.74, 6) is 0.0701. The van der Waals surface area contributed by atoms with Gasteiger partial charge in [0.25, 0.3) is 0 Å². The van der Waals surface area contributed by atoms with E-state index in [-0.39, 0.29) is 5.88 Å². The molecule has 1 aromatic rings. The molecule has 0 saturated heterocycles. The van der Waals surface area contributed by atoms with Gasteiger partial charge in [-0.05, 0) is 22.0 Å². The highest BCUT2D eigenvalue weighted by Crippen LogP contribution is 2.13. The number of hydrogen-bond donors (Lipinski definition) is 0. The summed E-state index contributed by atoms with van der Waals surface area (Å²) in [5, 5.41) is 0. The van der Waals surface area contributed by atoms with E-state index in [0.29, 0.717) is 0 Å². The highest BCUT2D eigenvalue weighted by atomic mass is 79.9. The maximum Gasteiger partial charge on any atom is 0.307 e. The molecule has 0 aliphatic carbocycles. The van der Waals surface area contributed by atoms with Crippen molar-refractivity contribution < 1.29 is 12.6 Å². The Kier molecular flexibility index (Phi) is 2.69. The predicted molar refractivity (Wildman–Crippen MR) is 47.4 cm³/mol. The zero-order valence-electron chi connectivity index (χ0n) is 6.19. The lowest BCUT2D eigenvalue weighted by Crippen LogP contribution is -2.06. The standard InChI is InChI=1S/C6H6BrNO3S/c1-12(9,10)11-6-3-2-5(7)4-8-6/h2-4H,1H3. The van der Waals surface area contributed by atoms with Crippen LogP contribution in [0.2, 0.25) is 0 Å². The molecule has 66 valence electrons. The molecule has 0 unspecified atom stereocenters. The maximum atomic E-state index is 10.6. The first kappa shape index (κ1) is 9.47. The van der Waals surface area contributed by atoms with Gasteiger partial charge < -0.3 is 4.18 Å². The van der Waals surface area contributed by atoms with E-state index in [1.165, 1.54) is 12.3 Å². The summed E-state index contributed by atoms with van der Waals surface area (Å²) in [4.78, 5) is 3.72. The molecule has 0 radical (unpaired) electrons. The molecule has 0 spiro atoms. The molecule has 0 saturated carbocycles. The second kappa shape index (κ2) is 3.40. The van der Waals surface area contributed by atoms with Gasteiger partial charge in [-0.1, -0.05) is 0 Å². The van der Waals surface area contributed by atoms with Crippen molar-refractivity contribution in [3.63, 3.8) is 0 Å². The third-order valence-corrected chi connectivity index (χ3v) is 1.88. The van der Waals surface area contributed by atoms with Gasteiger partial charge in [0, 0.05) is 16.7 Å². The van der Waals surface area contributed by atoms with Crippen LogP contribution in [0.1, 0.15) is 0 Å². The van der Waals surface area contributed by atoms with Gasteiger partial charge in [0.15, 0.2) is 0 Å².